The highest BCUT2D eigenvalue weighted by atomic mass is 127. The third kappa shape index (κ3) is 5.34. The first-order chi connectivity index (χ1) is 13.9. The van der Waals surface area contributed by atoms with Crippen LogP contribution in [0.4, 0.5) is 5.82 Å². The first-order valence-electron chi connectivity index (χ1n) is 9.27. The number of benzene rings is 1. The summed E-state index contributed by atoms with van der Waals surface area (Å²) in [7, 11) is 1.66. The van der Waals surface area contributed by atoms with E-state index in [0.717, 1.165) is 11.1 Å². The zero-order valence-corrected chi connectivity index (χ0v) is 19.1. The van der Waals surface area contributed by atoms with E-state index >= 15 is 0 Å². The minimum absolute atomic E-state index is 0.103. The standard InChI is InChI=1S/C22H23IN4O2/c1-14-11-18(23)15(2)10-17(14)6-5-7-22(28)25-21-9-8-19-20(24-21)12-27(26-19)16(3)13-29-4/h8-12,16H,6,13H2,1-4H3,(H,24,25,28). The summed E-state index contributed by atoms with van der Waals surface area (Å²) in [6.07, 6.45) is 2.38. The van der Waals surface area contributed by atoms with Crippen LogP contribution in [0.5, 0.6) is 0 Å². The van der Waals surface area contributed by atoms with Crippen LogP contribution in [0.25, 0.3) is 11.0 Å². The monoisotopic (exact) mass is 502 g/mol. The van der Waals surface area contributed by atoms with Crippen molar-refractivity contribution in [1.82, 2.24) is 14.8 Å². The lowest BCUT2D eigenvalue weighted by Gasteiger charge is -2.09. The molecule has 0 fully saturated rings. The quantitative estimate of drug-likeness (QED) is 0.423. The molecule has 6 nitrogen and oxygen atoms in total. The fourth-order valence-electron chi connectivity index (χ4n) is 2.94. The Morgan fingerprint density at radius 3 is 2.83 bits per heavy atom. The lowest BCUT2D eigenvalue weighted by atomic mass is 10.0. The number of nitrogens with zero attached hydrogens (tertiary/aromatic N) is 3. The van der Waals surface area contributed by atoms with Crippen LogP contribution in [0.3, 0.4) is 0 Å². The van der Waals surface area contributed by atoms with E-state index in [0.29, 0.717) is 24.4 Å². The summed E-state index contributed by atoms with van der Waals surface area (Å²) in [5, 5.41) is 7.22. The Morgan fingerprint density at radius 2 is 2.07 bits per heavy atom. The molecule has 2 aromatic heterocycles. The number of pyridine rings is 1. The number of hydrogen-bond acceptors (Lipinski definition) is 4. The Bertz CT molecular complexity index is 1110. The predicted molar refractivity (Wildman–Crippen MR) is 123 cm³/mol. The molecule has 1 atom stereocenters. The third-order valence-electron chi connectivity index (χ3n) is 4.58. The third-order valence-corrected chi connectivity index (χ3v) is 5.74. The van der Waals surface area contributed by atoms with Gasteiger partial charge in [-0.15, -0.1) is 0 Å². The molecular formula is C22H23IN4O2. The van der Waals surface area contributed by atoms with E-state index in [1.165, 1.54) is 14.7 Å². The molecule has 1 amide bonds. The number of rotatable bonds is 5. The second-order valence-corrected chi connectivity index (χ2v) is 8.14. The molecule has 0 aliphatic carbocycles. The Balaban J connectivity index is 1.67. The highest BCUT2D eigenvalue weighted by Gasteiger charge is 2.10. The zero-order chi connectivity index (χ0) is 21.0. The molecule has 0 bridgehead atoms. The number of aromatic nitrogens is 3. The summed E-state index contributed by atoms with van der Waals surface area (Å²) >= 11 is 2.32. The summed E-state index contributed by atoms with van der Waals surface area (Å²) in [6.45, 7) is 6.72. The van der Waals surface area contributed by atoms with E-state index in [4.69, 9.17) is 4.74 Å². The Labute approximate surface area is 184 Å². The van der Waals surface area contributed by atoms with Crippen LogP contribution in [0.2, 0.25) is 0 Å². The van der Waals surface area contributed by atoms with Crippen LogP contribution in [0, 0.1) is 29.3 Å². The predicted octanol–water partition coefficient (Wildman–Crippen LogP) is 4.04. The molecule has 3 rings (SSSR count). The maximum atomic E-state index is 12.2. The number of ether oxygens (including phenoxy) is 1. The zero-order valence-electron chi connectivity index (χ0n) is 16.9. The summed E-state index contributed by atoms with van der Waals surface area (Å²) in [5.41, 5.74) is 5.02. The van der Waals surface area contributed by atoms with Gasteiger partial charge in [0.05, 0.1) is 18.8 Å². The summed E-state index contributed by atoms with van der Waals surface area (Å²) < 4.78 is 8.22. The Kier molecular flexibility index (Phi) is 6.87. The van der Waals surface area contributed by atoms with Crippen LogP contribution >= 0.6 is 22.6 Å². The first kappa shape index (κ1) is 21.3. The second kappa shape index (κ2) is 9.37. The minimum Gasteiger partial charge on any atom is -0.382 e. The highest BCUT2D eigenvalue weighted by Crippen LogP contribution is 2.18. The SMILES string of the molecule is COCC(C)n1cc2nc(NC(=O)C#CCc3cc(C)c(I)cc3C)ccc2n1. The summed E-state index contributed by atoms with van der Waals surface area (Å²) in [5.74, 6) is 5.68. The molecule has 0 aliphatic heterocycles. The molecule has 0 spiro atoms. The lowest BCUT2D eigenvalue weighted by Crippen LogP contribution is -2.11. The number of halogens is 1. The van der Waals surface area contributed by atoms with Gasteiger partial charge in [0.25, 0.3) is 0 Å². The molecule has 0 saturated heterocycles. The van der Waals surface area contributed by atoms with E-state index in [1.54, 1.807) is 13.2 Å². The van der Waals surface area contributed by atoms with Crippen LogP contribution in [-0.2, 0) is 16.0 Å². The van der Waals surface area contributed by atoms with Gasteiger partial charge in [-0.3, -0.25) is 14.8 Å². The molecule has 150 valence electrons. The molecule has 1 aromatic carbocycles. The number of amides is 1. The molecule has 0 radical (unpaired) electrons. The summed E-state index contributed by atoms with van der Waals surface area (Å²) in [6, 6.07) is 7.93. The van der Waals surface area contributed by atoms with Crippen molar-refractivity contribution in [2.75, 3.05) is 19.0 Å². The molecule has 0 saturated carbocycles. The lowest BCUT2D eigenvalue weighted by molar-refractivity contribution is -0.111. The van der Waals surface area contributed by atoms with Gasteiger partial charge >= 0.3 is 5.91 Å². The number of methoxy groups -OCH3 is 1. The van der Waals surface area contributed by atoms with Crippen LogP contribution in [0.1, 0.15) is 29.7 Å². The van der Waals surface area contributed by atoms with E-state index in [9.17, 15) is 4.79 Å². The minimum atomic E-state index is -0.378. The second-order valence-electron chi connectivity index (χ2n) is 6.97. The van der Waals surface area contributed by atoms with Gasteiger partial charge in [-0.1, -0.05) is 12.0 Å². The molecule has 29 heavy (non-hydrogen) atoms. The van der Waals surface area contributed by atoms with Crippen LogP contribution in [0.15, 0.2) is 30.5 Å². The van der Waals surface area contributed by atoms with Crippen molar-refractivity contribution in [2.24, 2.45) is 0 Å². The molecule has 0 aliphatic rings. The Morgan fingerprint density at radius 1 is 1.28 bits per heavy atom. The number of carbonyl (C=O) groups is 1. The molecule has 2 heterocycles. The summed E-state index contributed by atoms with van der Waals surface area (Å²) in [4.78, 5) is 16.6. The molecule has 1 N–H and O–H groups in total. The van der Waals surface area contributed by atoms with E-state index < -0.39 is 0 Å². The van der Waals surface area contributed by atoms with Gasteiger partial charge < -0.3 is 4.74 Å². The van der Waals surface area contributed by atoms with Crippen LogP contribution in [-0.4, -0.2) is 34.4 Å². The van der Waals surface area contributed by atoms with Gasteiger partial charge in [-0.25, -0.2) is 4.98 Å². The van der Waals surface area contributed by atoms with Crippen molar-refractivity contribution >= 4 is 45.3 Å². The van der Waals surface area contributed by atoms with Gasteiger partial charge in [0.1, 0.15) is 16.9 Å². The average Bonchev–Trinajstić information content (AvgIpc) is 3.09. The van der Waals surface area contributed by atoms with E-state index in [-0.39, 0.29) is 11.9 Å². The maximum absolute atomic E-state index is 12.2. The average molecular weight is 502 g/mol. The molecular weight excluding hydrogens is 479 g/mol. The fourth-order valence-corrected chi connectivity index (χ4v) is 3.56. The van der Waals surface area contributed by atoms with E-state index in [1.807, 2.05) is 23.9 Å². The number of carbonyl (C=O) groups excluding carboxylic acids is 1. The topological polar surface area (TPSA) is 69.0 Å². The largest absolute Gasteiger partial charge is 0.382 e. The van der Waals surface area contributed by atoms with E-state index in [2.05, 4.69) is 75.8 Å². The van der Waals surface area contributed by atoms with Gasteiger partial charge in [0.2, 0.25) is 0 Å². The first-order valence-corrected chi connectivity index (χ1v) is 10.4. The van der Waals surface area contributed by atoms with Gasteiger partial charge in [0.15, 0.2) is 0 Å². The van der Waals surface area contributed by atoms with Gasteiger partial charge in [-0.2, -0.15) is 5.10 Å². The maximum Gasteiger partial charge on any atom is 0.301 e. The molecule has 7 heteroatoms. The van der Waals surface area contributed by atoms with Crippen molar-refractivity contribution in [3.05, 3.63) is 50.7 Å². The molecule has 1 unspecified atom stereocenters. The highest BCUT2D eigenvalue weighted by molar-refractivity contribution is 14.1. The van der Waals surface area contributed by atoms with Crippen molar-refractivity contribution < 1.29 is 9.53 Å². The smallest absolute Gasteiger partial charge is 0.301 e. The Hall–Kier alpha value is -2.44. The number of hydrogen-bond donors (Lipinski definition) is 1. The molecule has 3 aromatic rings. The van der Waals surface area contributed by atoms with Crippen molar-refractivity contribution in [1.29, 1.82) is 0 Å². The number of fused-ring (bicyclic) bond motifs is 1. The number of nitrogens with one attached hydrogen (secondary N) is 1. The van der Waals surface area contributed by atoms with Gasteiger partial charge in [-0.05, 0) is 84.2 Å². The fraction of sp³-hybridized carbons (Fsp3) is 0.318. The van der Waals surface area contributed by atoms with Crippen molar-refractivity contribution in [2.45, 2.75) is 33.2 Å². The van der Waals surface area contributed by atoms with Gasteiger partial charge in [0, 0.05) is 17.1 Å². The van der Waals surface area contributed by atoms with Crippen molar-refractivity contribution in [3.8, 4) is 11.8 Å². The number of aryl methyl sites for hydroxylation is 2. The normalized spacial score (nSPS) is 11.8. The number of anilines is 1. The van der Waals surface area contributed by atoms with Crippen molar-refractivity contribution in [3.63, 3.8) is 0 Å². The van der Waals surface area contributed by atoms with Crippen LogP contribution < -0.4 is 5.32 Å².